The number of hydrogen-bond donors (Lipinski definition) is 3. The van der Waals surface area contributed by atoms with Crippen LogP contribution in [0.4, 0.5) is 17.1 Å². The molecule has 0 amide bonds. The van der Waals surface area contributed by atoms with Gasteiger partial charge < -0.3 is 15.6 Å². The number of aryl methyl sites for hydroxylation is 1. The zero-order valence-electron chi connectivity index (χ0n) is 15.5. The van der Waals surface area contributed by atoms with E-state index in [1.807, 2.05) is 55.5 Å². The van der Waals surface area contributed by atoms with E-state index in [-0.39, 0.29) is 5.69 Å². The highest BCUT2D eigenvalue weighted by atomic mass is 32.1. The maximum Gasteiger partial charge on any atom is 0.271 e. The van der Waals surface area contributed by atoms with Gasteiger partial charge in [-0.1, -0.05) is 17.7 Å². The summed E-state index contributed by atoms with van der Waals surface area (Å²) in [4.78, 5) is 18.1. The van der Waals surface area contributed by atoms with Crippen LogP contribution in [0.3, 0.4) is 0 Å². The molecule has 0 bridgehead atoms. The Hall–Kier alpha value is -3.78. The lowest BCUT2D eigenvalue weighted by atomic mass is 10.2. The Bertz CT molecular complexity index is 1200. The second-order valence-electron chi connectivity index (χ2n) is 6.57. The number of aromatic amines is 1. The number of nitro benzene ring substituents is 1. The summed E-state index contributed by atoms with van der Waals surface area (Å²) in [5.74, 6) is 0.646. The summed E-state index contributed by atoms with van der Waals surface area (Å²) in [5, 5.41) is 17.7. The largest absolute Gasteiger partial charge is 0.338 e. The molecule has 0 aliphatic heterocycles. The number of aromatic nitrogens is 2. The van der Waals surface area contributed by atoms with Gasteiger partial charge in [-0.2, -0.15) is 0 Å². The Morgan fingerprint density at radius 2 is 1.62 bits per heavy atom. The lowest BCUT2D eigenvalue weighted by molar-refractivity contribution is -0.384. The highest BCUT2D eigenvalue weighted by Crippen LogP contribution is 2.25. The van der Waals surface area contributed by atoms with Crippen LogP contribution in [-0.2, 0) is 0 Å². The number of fused-ring (bicyclic) bond motifs is 1. The molecule has 0 atom stereocenters. The number of hydrogen-bond acceptors (Lipinski definition) is 4. The minimum atomic E-state index is -0.423. The number of nitrogens with zero attached hydrogens (tertiary/aromatic N) is 2. The van der Waals surface area contributed by atoms with E-state index in [1.165, 1.54) is 17.7 Å². The summed E-state index contributed by atoms with van der Waals surface area (Å²) in [6.07, 6.45) is 0. The van der Waals surface area contributed by atoms with Gasteiger partial charge in [0.2, 0.25) is 0 Å². The van der Waals surface area contributed by atoms with Crippen LogP contribution in [0.5, 0.6) is 0 Å². The zero-order valence-corrected chi connectivity index (χ0v) is 16.3. The van der Waals surface area contributed by atoms with Crippen molar-refractivity contribution in [1.82, 2.24) is 9.97 Å². The minimum absolute atomic E-state index is 0.0295. The number of nitrogens with one attached hydrogen (secondary N) is 3. The third kappa shape index (κ3) is 4.22. The normalized spacial score (nSPS) is 10.7. The van der Waals surface area contributed by atoms with Crippen molar-refractivity contribution in [3.8, 4) is 11.4 Å². The Balaban J connectivity index is 1.47. The van der Waals surface area contributed by atoms with Crippen molar-refractivity contribution in [3.63, 3.8) is 0 Å². The van der Waals surface area contributed by atoms with E-state index in [4.69, 9.17) is 12.2 Å². The van der Waals surface area contributed by atoms with Gasteiger partial charge in [0.25, 0.3) is 5.69 Å². The van der Waals surface area contributed by atoms with Crippen molar-refractivity contribution in [2.75, 3.05) is 10.6 Å². The molecule has 4 rings (SSSR count). The van der Waals surface area contributed by atoms with Gasteiger partial charge in [-0.25, -0.2) is 4.98 Å². The number of benzene rings is 3. The van der Waals surface area contributed by atoms with Gasteiger partial charge in [0.05, 0.1) is 16.0 Å². The van der Waals surface area contributed by atoms with Crippen molar-refractivity contribution in [3.05, 3.63) is 82.4 Å². The SMILES string of the molecule is Cc1ccc(NC(=S)Nc2ccc(-c3nc4ccc([N+](=O)[O-])cc4[nH]3)cc2)cc1. The summed E-state index contributed by atoms with van der Waals surface area (Å²) >= 11 is 5.36. The molecular weight excluding hydrogens is 386 g/mol. The fourth-order valence-electron chi connectivity index (χ4n) is 2.89. The van der Waals surface area contributed by atoms with Gasteiger partial charge in [0.15, 0.2) is 5.11 Å². The smallest absolute Gasteiger partial charge is 0.271 e. The molecule has 144 valence electrons. The summed E-state index contributed by atoms with van der Waals surface area (Å²) in [6.45, 7) is 2.03. The molecule has 3 aromatic carbocycles. The van der Waals surface area contributed by atoms with Crippen molar-refractivity contribution >= 4 is 45.4 Å². The molecule has 1 aromatic heterocycles. The van der Waals surface area contributed by atoms with Crippen LogP contribution < -0.4 is 10.6 Å². The van der Waals surface area contributed by atoms with Gasteiger partial charge in [-0.05, 0) is 61.6 Å². The molecule has 7 nitrogen and oxygen atoms in total. The summed E-state index contributed by atoms with van der Waals surface area (Å²) < 4.78 is 0. The number of nitro groups is 1. The fraction of sp³-hybridized carbons (Fsp3) is 0.0476. The number of non-ortho nitro benzene ring substituents is 1. The standard InChI is InChI=1S/C21H17N5O2S/c1-13-2-6-15(7-3-13)22-21(29)23-16-8-4-14(5-9-16)20-24-18-11-10-17(26(27)28)12-19(18)25-20/h2-12H,1H3,(H,24,25)(H2,22,23,29). The van der Waals surface area contributed by atoms with Crippen LogP contribution in [0.25, 0.3) is 22.4 Å². The van der Waals surface area contributed by atoms with E-state index in [2.05, 4.69) is 20.6 Å². The lowest BCUT2D eigenvalue weighted by Crippen LogP contribution is -2.18. The first-order valence-corrected chi connectivity index (χ1v) is 9.28. The molecule has 4 aromatic rings. The van der Waals surface area contributed by atoms with Crippen LogP contribution >= 0.6 is 12.2 Å². The number of anilines is 2. The maximum atomic E-state index is 10.9. The van der Waals surface area contributed by atoms with Gasteiger partial charge >= 0.3 is 0 Å². The Morgan fingerprint density at radius 1 is 1.00 bits per heavy atom. The van der Waals surface area contributed by atoms with Crippen LogP contribution in [0.1, 0.15) is 5.56 Å². The molecule has 0 aliphatic rings. The third-order valence-corrected chi connectivity index (χ3v) is 4.61. The minimum Gasteiger partial charge on any atom is -0.338 e. The average Bonchev–Trinajstić information content (AvgIpc) is 3.13. The molecule has 0 spiro atoms. The number of rotatable bonds is 4. The summed E-state index contributed by atoms with van der Waals surface area (Å²) in [5.41, 5.74) is 5.14. The van der Waals surface area contributed by atoms with Crippen molar-refractivity contribution in [1.29, 1.82) is 0 Å². The van der Waals surface area contributed by atoms with Crippen LogP contribution in [0, 0.1) is 17.0 Å². The molecule has 0 radical (unpaired) electrons. The van der Waals surface area contributed by atoms with Crippen LogP contribution in [0.2, 0.25) is 0 Å². The van der Waals surface area contributed by atoms with Gasteiger partial charge in [0, 0.05) is 29.1 Å². The first-order chi connectivity index (χ1) is 14.0. The lowest BCUT2D eigenvalue weighted by Gasteiger charge is -2.11. The van der Waals surface area contributed by atoms with E-state index >= 15 is 0 Å². The van der Waals surface area contributed by atoms with Gasteiger partial charge in [0.1, 0.15) is 5.82 Å². The topological polar surface area (TPSA) is 95.9 Å². The molecule has 1 heterocycles. The first kappa shape index (κ1) is 18.6. The monoisotopic (exact) mass is 403 g/mol. The molecule has 8 heteroatoms. The number of imidazole rings is 1. The second kappa shape index (κ2) is 7.69. The third-order valence-electron chi connectivity index (χ3n) is 4.40. The summed E-state index contributed by atoms with van der Waals surface area (Å²) in [6, 6.07) is 20.1. The number of thiocarbonyl (C=S) groups is 1. The Morgan fingerprint density at radius 3 is 2.24 bits per heavy atom. The Labute approximate surface area is 171 Å². The molecule has 0 saturated carbocycles. The van der Waals surface area contributed by atoms with Crippen molar-refractivity contribution < 1.29 is 4.92 Å². The van der Waals surface area contributed by atoms with Gasteiger partial charge in [-0.15, -0.1) is 0 Å². The van der Waals surface area contributed by atoms with E-state index < -0.39 is 4.92 Å². The second-order valence-corrected chi connectivity index (χ2v) is 6.97. The summed E-state index contributed by atoms with van der Waals surface area (Å²) in [7, 11) is 0. The van der Waals surface area contributed by atoms with Gasteiger partial charge in [-0.3, -0.25) is 10.1 Å². The quantitative estimate of drug-likeness (QED) is 0.244. The molecule has 0 aliphatic carbocycles. The van der Waals surface area contributed by atoms with Crippen molar-refractivity contribution in [2.45, 2.75) is 6.92 Å². The van der Waals surface area contributed by atoms with Crippen molar-refractivity contribution in [2.24, 2.45) is 0 Å². The van der Waals surface area contributed by atoms with E-state index in [0.29, 0.717) is 22.0 Å². The molecule has 3 N–H and O–H groups in total. The molecule has 0 unspecified atom stereocenters. The number of H-pyrrole nitrogens is 1. The predicted molar refractivity (Wildman–Crippen MR) is 119 cm³/mol. The van der Waals surface area contributed by atoms with Crippen LogP contribution in [-0.4, -0.2) is 20.0 Å². The molecule has 0 saturated heterocycles. The average molecular weight is 403 g/mol. The predicted octanol–water partition coefficient (Wildman–Crippen LogP) is 5.26. The maximum absolute atomic E-state index is 10.9. The zero-order chi connectivity index (χ0) is 20.4. The van der Waals surface area contributed by atoms with E-state index in [9.17, 15) is 10.1 Å². The van der Waals surface area contributed by atoms with E-state index in [0.717, 1.165) is 16.9 Å². The molecular formula is C21H17N5O2S. The van der Waals surface area contributed by atoms with E-state index in [1.54, 1.807) is 6.07 Å². The fourth-order valence-corrected chi connectivity index (χ4v) is 3.13. The molecule has 29 heavy (non-hydrogen) atoms. The van der Waals surface area contributed by atoms with Crippen LogP contribution in [0.15, 0.2) is 66.7 Å². The highest BCUT2D eigenvalue weighted by molar-refractivity contribution is 7.80. The molecule has 0 fully saturated rings. The first-order valence-electron chi connectivity index (χ1n) is 8.87. The Kier molecular flexibility index (Phi) is 4.92. The highest BCUT2D eigenvalue weighted by Gasteiger charge is 2.10.